The number of imide groups is 1. The molecular formula is C8H14N2O2. The lowest BCUT2D eigenvalue weighted by Gasteiger charge is -2.22. The van der Waals surface area contributed by atoms with Gasteiger partial charge in [0.1, 0.15) is 5.54 Å². The van der Waals surface area contributed by atoms with Gasteiger partial charge < -0.3 is 5.32 Å². The minimum Gasteiger partial charge on any atom is -0.324 e. The third-order valence-electron chi connectivity index (χ3n) is 1.93. The SMILES string of the molecule is CC(C)C[C@]1(C)NC(=O)NC1=O. The molecule has 1 atom stereocenters. The maximum Gasteiger partial charge on any atom is 0.322 e. The van der Waals surface area contributed by atoms with Gasteiger partial charge in [0.05, 0.1) is 0 Å². The van der Waals surface area contributed by atoms with Crippen molar-refractivity contribution < 1.29 is 9.59 Å². The largest absolute Gasteiger partial charge is 0.324 e. The Labute approximate surface area is 71.7 Å². The number of hydrogen-bond donors (Lipinski definition) is 2. The fourth-order valence-electron chi connectivity index (χ4n) is 1.54. The van der Waals surface area contributed by atoms with E-state index in [1.165, 1.54) is 0 Å². The summed E-state index contributed by atoms with van der Waals surface area (Å²) in [5, 5.41) is 4.84. The van der Waals surface area contributed by atoms with E-state index in [9.17, 15) is 9.59 Å². The van der Waals surface area contributed by atoms with Crippen LogP contribution in [-0.4, -0.2) is 17.5 Å². The van der Waals surface area contributed by atoms with Crippen molar-refractivity contribution in [3.8, 4) is 0 Å². The van der Waals surface area contributed by atoms with E-state index in [-0.39, 0.29) is 11.9 Å². The minimum absolute atomic E-state index is 0.221. The molecule has 1 heterocycles. The number of nitrogens with one attached hydrogen (secondary N) is 2. The Morgan fingerprint density at radius 1 is 1.42 bits per heavy atom. The van der Waals surface area contributed by atoms with E-state index in [1.807, 2.05) is 13.8 Å². The van der Waals surface area contributed by atoms with Crippen molar-refractivity contribution in [1.29, 1.82) is 0 Å². The lowest BCUT2D eigenvalue weighted by molar-refractivity contribution is -0.123. The molecule has 0 aliphatic carbocycles. The average molecular weight is 170 g/mol. The van der Waals surface area contributed by atoms with E-state index in [4.69, 9.17) is 0 Å². The lowest BCUT2D eigenvalue weighted by Crippen LogP contribution is -2.44. The van der Waals surface area contributed by atoms with Gasteiger partial charge in [0.15, 0.2) is 0 Å². The molecule has 2 N–H and O–H groups in total. The molecule has 1 fully saturated rings. The second-order valence-corrected chi connectivity index (χ2v) is 3.84. The second kappa shape index (κ2) is 2.77. The second-order valence-electron chi connectivity index (χ2n) is 3.84. The van der Waals surface area contributed by atoms with Gasteiger partial charge in [-0.15, -0.1) is 0 Å². The summed E-state index contributed by atoms with van der Waals surface area (Å²) >= 11 is 0. The Morgan fingerprint density at radius 2 is 2.00 bits per heavy atom. The Kier molecular flexibility index (Phi) is 2.08. The summed E-state index contributed by atoms with van der Waals surface area (Å²) in [5.41, 5.74) is -0.703. The molecule has 0 aromatic heterocycles. The van der Waals surface area contributed by atoms with Crippen LogP contribution in [0.4, 0.5) is 4.79 Å². The van der Waals surface area contributed by atoms with Crippen LogP contribution in [0.1, 0.15) is 27.2 Å². The molecule has 1 aliphatic heterocycles. The molecule has 4 nitrogen and oxygen atoms in total. The van der Waals surface area contributed by atoms with Gasteiger partial charge >= 0.3 is 6.03 Å². The average Bonchev–Trinajstić information content (AvgIpc) is 2.04. The predicted octanol–water partition coefficient (Wildman–Crippen LogP) is 0.631. The quantitative estimate of drug-likeness (QED) is 0.597. The Balaban J connectivity index is 2.71. The first-order valence-corrected chi connectivity index (χ1v) is 4.07. The number of carbonyl (C=O) groups is 2. The van der Waals surface area contributed by atoms with Crippen LogP contribution in [0.15, 0.2) is 0 Å². The van der Waals surface area contributed by atoms with Crippen molar-refractivity contribution in [1.82, 2.24) is 10.6 Å². The summed E-state index contributed by atoms with van der Waals surface area (Å²) in [6.45, 7) is 5.78. The smallest absolute Gasteiger partial charge is 0.322 e. The van der Waals surface area contributed by atoms with Crippen molar-refractivity contribution in [2.75, 3.05) is 0 Å². The highest BCUT2D eigenvalue weighted by Crippen LogP contribution is 2.19. The summed E-state index contributed by atoms with van der Waals surface area (Å²) in [4.78, 5) is 22.1. The van der Waals surface area contributed by atoms with Gasteiger partial charge in [-0.2, -0.15) is 0 Å². The predicted molar refractivity (Wildman–Crippen MR) is 44.5 cm³/mol. The van der Waals surface area contributed by atoms with E-state index in [0.29, 0.717) is 12.3 Å². The molecule has 1 saturated heterocycles. The summed E-state index contributed by atoms with van der Waals surface area (Å²) < 4.78 is 0. The van der Waals surface area contributed by atoms with Crippen molar-refractivity contribution in [3.63, 3.8) is 0 Å². The molecular weight excluding hydrogens is 156 g/mol. The normalized spacial score (nSPS) is 29.0. The molecule has 1 rings (SSSR count). The molecule has 0 aromatic carbocycles. The monoisotopic (exact) mass is 170 g/mol. The van der Waals surface area contributed by atoms with Gasteiger partial charge in [0.25, 0.3) is 5.91 Å². The first kappa shape index (κ1) is 9.03. The highest BCUT2D eigenvalue weighted by atomic mass is 16.2. The van der Waals surface area contributed by atoms with E-state index >= 15 is 0 Å². The van der Waals surface area contributed by atoms with E-state index in [2.05, 4.69) is 10.6 Å². The van der Waals surface area contributed by atoms with Crippen LogP contribution in [0, 0.1) is 5.92 Å². The number of carbonyl (C=O) groups excluding carboxylic acids is 2. The molecule has 0 radical (unpaired) electrons. The van der Waals surface area contributed by atoms with Crippen LogP contribution < -0.4 is 10.6 Å². The molecule has 0 unspecified atom stereocenters. The van der Waals surface area contributed by atoms with Crippen LogP contribution in [0.25, 0.3) is 0 Å². The molecule has 0 aromatic rings. The Hall–Kier alpha value is -1.06. The molecule has 0 saturated carbocycles. The van der Waals surface area contributed by atoms with Crippen LogP contribution in [0.3, 0.4) is 0 Å². The van der Waals surface area contributed by atoms with Gasteiger partial charge in [0, 0.05) is 0 Å². The Bertz CT molecular complexity index is 225. The van der Waals surface area contributed by atoms with Crippen LogP contribution >= 0.6 is 0 Å². The summed E-state index contributed by atoms with van der Waals surface area (Å²) in [5.74, 6) is 0.167. The number of rotatable bonds is 2. The Morgan fingerprint density at radius 3 is 2.33 bits per heavy atom. The topological polar surface area (TPSA) is 58.2 Å². The molecule has 1 aliphatic rings. The van der Waals surface area contributed by atoms with E-state index in [1.54, 1.807) is 6.92 Å². The highest BCUT2D eigenvalue weighted by Gasteiger charge is 2.41. The van der Waals surface area contributed by atoms with Crippen LogP contribution in [0.2, 0.25) is 0 Å². The van der Waals surface area contributed by atoms with Gasteiger partial charge in [-0.25, -0.2) is 4.79 Å². The third-order valence-corrected chi connectivity index (χ3v) is 1.93. The fourth-order valence-corrected chi connectivity index (χ4v) is 1.54. The maximum absolute atomic E-state index is 11.2. The minimum atomic E-state index is -0.703. The zero-order valence-corrected chi connectivity index (χ0v) is 7.60. The molecule has 4 heteroatoms. The summed E-state index contributed by atoms with van der Waals surface area (Å²) in [6.07, 6.45) is 0.671. The molecule has 0 spiro atoms. The first-order chi connectivity index (χ1) is 5.44. The first-order valence-electron chi connectivity index (χ1n) is 4.07. The summed E-state index contributed by atoms with van der Waals surface area (Å²) in [7, 11) is 0. The van der Waals surface area contributed by atoms with Crippen molar-refractivity contribution in [2.45, 2.75) is 32.7 Å². The molecule has 3 amide bonds. The van der Waals surface area contributed by atoms with E-state index in [0.717, 1.165) is 0 Å². The maximum atomic E-state index is 11.2. The number of urea groups is 1. The van der Waals surface area contributed by atoms with Crippen LogP contribution in [-0.2, 0) is 4.79 Å². The molecule has 68 valence electrons. The molecule has 0 bridgehead atoms. The van der Waals surface area contributed by atoms with Crippen molar-refractivity contribution in [3.05, 3.63) is 0 Å². The zero-order chi connectivity index (χ0) is 9.35. The van der Waals surface area contributed by atoms with Gasteiger partial charge in [-0.05, 0) is 19.3 Å². The van der Waals surface area contributed by atoms with Gasteiger partial charge in [-0.1, -0.05) is 13.8 Å². The third kappa shape index (κ3) is 1.57. The van der Waals surface area contributed by atoms with Crippen molar-refractivity contribution >= 4 is 11.9 Å². The van der Waals surface area contributed by atoms with Crippen LogP contribution in [0.5, 0.6) is 0 Å². The lowest BCUT2D eigenvalue weighted by atomic mass is 9.91. The van der Waals surface area contributed by atoms with Gasteiger partial charge in [-0.3, -0.25) is 10.1 Å². The fraction of sp³-hybridized carbons (Fsp3) is 0.750. The number of hydrogen-bond acceptors (Lipinski definition) is 2. The standard InChI is InChI=1S/C8H14N2O2/c1-5(2)4-8(3)6(11)9-7(12)10-8/h5H,4H2,1-3H3,(H2,9,10,11,12)/t8-/m0/s1. The van der Waals surface area contributed by atoms with Gasteiger partial charge in [0.2, 0.25) is 0 Å². The summed E-state index contributed by atoms with van der Waals surface area (Å²) in [6, 6.07) is -0.386. The van der Waals surface area contributed by atoms with Crippen molar-refractivity contribution in [2.24, 2.45) is 5.92 Å². The zero-order valence-electron chi connectivity index (χ0n) is 7.60. The highest BCUT2D eigenvalue weighted by molar-refractivity contribution is 6.06. The number of amides is 3. The van der Waals surface area contributed by atoms with E-state index < -0.39 is 5.54 Å². The molecule has 12 heavy (non-hydrogen) atoms.